The maximum absolute atomic E-state index is 14.1. The Bertz CT molecular complexity index is 1860. The number of aliphatic hydroxyl groups excluding tert-OH is 7. The van der Waals surface area contributed by atoms with Crippen molar-refractivity contribution in [3.8, 4) is 0 Å². The van der Waals surface area contributed by atoms with Gasteiger partial charge in [-0.25, -0.2) is 0 Å². The van der Waals surface area contributed by atoms with Crippen molar-refractivity contribution in [2.75, 3.05) is 13.2 Å². The van der Waals surface area contributed by atoms with E-state index in [-0.39, 0.29) is 25.2 Å². The van der Waals surface area contributed by atoms with Crippen molar-refractivity contribution in [2.24, 2.45) is 11.8 Å². The lowest BCUT2D eigenvalue weighted by atomic mass is 9.95. The standard InChI is InChI=1S/C78H148N2O16/c1-7-9-11-13-15-17-19-20-22-30-36-42-48-54-69(86)93-64(53-47-41-35-29-24-26-32-38-44-50-61(5)6)57-68(85)79-71-75(90)73(88)65(58-81)95-78(71)92-59-66-74(89)76(96-70(87)56-63(83)52-46-40-34-27-21-18-16-14-12-10-8-2)72(77(91)94-66)80-67(84)55-62(82)51-45-39-33-28-23-25-31-37-43-49-60(3)4/h60-66,71-78,81-83,88-91H,7-59H2,1-6H3,(H,79,85)(H,80,84)/t62-,63-,64-,65-,66-,71-,72-,73-,74-,75-,76-,77+,78-/m1/s1. The molecule has 2 amide bonds. The van der Waals surface area contributed by atoms with Crippen LogP contribution in [0, 0.1) is 11.8 Å². The second kappa shape index (κ2) is 59.1. The van der Waals surface area contributed by atoms with Crippen LogP contribution in [0.1, 0.15) is 369 Å². The number of unbranched alkanes of at least 4 members (excludes halogenated alkanes) is 38. The zero-order chi connectivity index (χ0) is 70.4. The number of rotatable bonds is 64. The Morgan fingerprint density at radius 2 is 0.781 bits per heavy atom. The third-order valence-electron chi connectivity index (χ3n) is 19.7. The second-order valence-electron chi connectivity index (χ2n) is 29.9. The minimum Gasteiger partial charge on any atom is -0.462 e. The first kappa shape index (κ1) is 89.6. The van der Waals surface area contributed by atoms with E-state index < -0.39 is 117 Å². The van der Waals surface area contributed by atoms with Crippen LogP contribution in [0.5, 0.6) is 0 Å². The first-order valence-corrected chi connectivity index (χ1v) is 40.0. The van der Waals surface area contributed by atoms with Crippen molar-refractivity contribution in [2.45, 2.75) is 449 Å². The molecule has 18 heteroatoms. The summed E-state index contributed by atoms with van der Waals surface area (Å²) in [6, 6.07) is -2.98. The fraction of sp³-hybridized carbons (Fsp3) is 0.949. The first-order valence-electron chi connectivity index (χ1n) is 40.0. The quantitative estimate of drug-likeness (QED) is 0.0202. The van der Waals surface area contributed by atoms with Crippen molar-refractivity contribution >= 4 is 23.8 Å². The molecule has 2 rings (SSSR count). The SMILES string of the molecule is CCCCCCCCCCCCCCCC(=O)O[C@H](CCCCCCCCCCCC(C)C)CC(=O)N[C@H]1[C@H](OC[C@H]2O[C@H](O)[C@H](NC(=O)C[C@H](O)CCCCCCCCCCCC(C)C)[C@@H](OC(=O)C[C@H](O)CCCCCCCCCCCCC)[C@@H]2O)O[C@H](CO)[C@@H](O)[C@@H]1O. The lowest BCUT2D eigenvalue weighted by molar-refractivity contribution is -0.299. The van der Waals surface area contributed by atoms with Gasteiger partial charge in [-0.1, -0.05) is 311 Å². The maximum Gasteiger partial charge on any atom is 0.308 e. The smallest absolute Gasteiger partial charge is 0.308 e. The Labute approximate surface area is 584 Å². The van der Waals surface area contributed by atoms with E-state index in [1.54, 1.807) is 0 Å². The number of ether oxygens (including phenoxy) is 5. The largest absolute Gasteiger partial charge is 0.462 e. The number of aliphatic hydroxyl groups is 7. The van der Waals surface area contributed by atoms with Gasteiger partial charge in [0, 0.05) is 6.42 Å². The molecule has 0 spiro atoms. The van der Waals surface area contributed by atoms with Crippen molar-refractivity contribution in [1.82, 2.24) is 10.6 Å². The average Bonchev–Trinajstić information content (AvgIpc) is 0.806. The van der Waals surface area contributed by atoms with Gasteiger partial charge in [0.1, 0.15) is 48.7 Å². The van der Waals surface area contributed by atoms with E-state index in [0.29, 0.717) is 32.1 Å². The molecule has 0 bridgehead atoms. The molecule has 0 unspecified atom stereocenters. The predicted octanol–water partition coefficient (Wildman–Crippen LogP) is 15.3. The average molecular weight is 1370 g/mol. The van der Waals surface area contributed by atoms with Crippen LogP contribution in [0.15, 0.2) is 0 Å². The minimum atomic E-state index is -1.90. The molecule has 2 heterocycles. The number of amides is 2. The topological polar surface area (TPSA) is 280 Å². The van der Waals surface area contributed by atoms with Crippen molar-refractivity contribution in [3.63, 3.8) is 0 Å². The van der Waals surface area contributed by atoms with Crippen LogP contribution in [0.4, 0.5) is 0 Å². The van der Waals surface area contributed by atoms with Crippen LogP contribution < -0.4 is 10.6 Å². The van der Waals surface area contributed by atoms with E-state index >= 15 is 0 Å². The molecule has 2 saturated heterocycles. The van der Waals surface area contributed by atoms with Gasteiger partial charge in [0.05, 0.1) is 44.7 Å². The van der Waals surface area contributed by atoms with E-state index in [0.717, 1.165) is 108 Å². The minimum absolute atomic E-state index is 0.230. The summed E-state index contributed by atoms with van der Waals surface area (Å²) < 4.78 is 29.8. The van der Waals surface area contributed by atoms with Gasteiger partial charge in [0.2, 0.25) is 11.8 Å². The molecule has 18 nitrogen and oxygen atoms in total. The molecule has 96 heavy (non-hydrogen) atoms. The summed E-state index contributed by atoms with van der Waals surface area (Å²) in [5, 5.41) is 83.7. The summed E-state index contributed by atoms with van der Waals surface area (Å²) >= 11 is 0. The monoisotopic (exact) mass is 1370 g/mol. The van der Waals surface area contributed by atoms with Gasteiger partial charge in [0.15, 0.2) is 18.7 Å². The van der Waals surface area contributed by atoms with Gasteiger partial charge in [-0.2, -0.15) is 0 Å². The highest BCUT2D eigenvalue weighted by molar-refractivity contribution is 5.78. The summed E-state index contributed by atoms with van der Waals surface area (Å²) in [5.41, 5.74) is 0. The van der Waals surface area contributed by atoms with Gasteiger partial charge in [-0.15, -0.1) is 0 Å². The number of nitrogens with one attached hydrogen (secondary N) is 2. The highest BCUT2D eigenvalue weighted by atomic mass is 16.7. The van der Waals surface area contributed by atoms with E-state index in [4.69, 9.17) is 23.7 Å². The third kappa shape index (κ3) is 45.4. The molecule has 2 aliphatic rings. The molecular formula is C78H148N2O16. The van der Waals surface area contributed by atoms with Gasteiger partial charge >= 0.3 is 11.9 Å². The molecule has 0 aliphatic carbocycles. The summed E-state index contributed by atoms with van der Waals surface area (Å²) in [6.45, 7) is 12.1. The second-order valence-corrected chi connectivity index (χ2v) is 29.9. The molecule has 0 aromatic carbocycles. The van der Waals surface area contributed by atoms with Crippen molar-refractivity contribution < 1.29 is 78.6 Å². The van der Waals surface area contributed by atoms with E-state index in [9.17, 15) is 54.9 Å². The van der Waals surface area contributed by atoms with Crippen molar-refractivity contribution in [1.29, 1.82) is 0 Å². The number of carbonyl (C=O) groups excluding carboxylic acids is 4. The number of hydrogen-bond donors (Lipinski definition) is 9. The Morgan fingerprint density at radius 3 is 1.21 bits per heavy atom. The Hall–Kier alpha value is -2.52. The molecule has 566 valence electrons. The summed E-state index contributed by atoms with van der Waals surface area (Å²) in [4.78, 5) is 54.7. The van der Waals surface area contributed by atoms with Gasteiger partial charge < -0.3 is 70.1 Å². The Morgan fingerprint density at radius 1 is 0.406 bits per heavy atom. The summed E-state index contributed by atoms with van der Waals surface area (Å²) in [7, 11) is 0. The highest BCUT2D eigenvalue weighted by Crippen LogP contribution is 2.29. The zero-order valence-electron chi connectivity index (χ0n) is 61.9. The third-order valence-corrected chi connectivity index (χ3v) is 19.7. The molecule has 13 atom stereocenters. The fourth-order valence-corrected chi connectivity index (χ4v) is 13.6. The molecule has 9 N–H and O–H groups in total. The van der Waals surface area contributed by atoms with E-state index in [1.807, 2.05) is 0 Å². The molecular weight excluding hydrogens is 1220 g/mol. The Kier molecular flexibility index (Phi) is 55.1. The highest BCUT2D eigenvalue weighted by Gasteiger charge is 2.50. The molecule has 2 aliphatic heterocycles. The fourth-order valence-electron chi connectivity index (χ4n) is 13.6. The summed E-state index contributed by atoms with van der Waals surface area (Å²) in [5.74, 6) is -1.11. The molecule has 0 aromatic heterocycles. The van der Waals surface area contributed by atoms with Crippen molar-refractivity contribution in [3.05, 3.63) is 0 Å². The Balaban J connectivity index is 2.16. The van der Waals surface area contributed by atoms with Gasteiger partial charge in [-0.3, -0.25) is 19.2 Å². The molecule has 0 radical (unpaired) electrons. The van der Waals surface area contributed by atoms with Gasteiger partial charge in [0.25, 0.3) is 0 Å². The normalized spacial score (nSPS) is 22.3. The lowest BCUT2D eigenvalue weighted by Gasteiger charge is -2.45. The van der Waals surface area contributed by atoms with Gasteiger partial charge in [-0.05, 0) is 43.9 Å². The molecule has 0 saturated carbocycles. The molecule has 2 fully saturated rings. The predicted molar refractivity (Wildman–Crippen MR) is 383 cm³/mol. The lowest BCUT2D eigenvalue weighted by Crippen LogP contribution is -2.67. The number of carbonyl (C=O) groups is 4. The summed E-state index contributed by atoms with van der Waals surface area (Å²) in [6.07, 6.45) is 34.5. The van der Waals surface area contributed by atoms with Crippen LogP contribution >= 0.6 is 0 Å². The van der Waals surface area contributed by atoms with Crippen LogP contribution in [0.3, 0.4) is 0 Å². The number of hydrogen-bond acceptors (Lipinski definition) is 16. The maximum atomic E-state index is 14.1. The van der Waals surface area contributed by atoms with Crippen LogP contribution in [0.2, 0.25) is 0 Å². The number of esters is 2. The van der Waals surface area contributed by atoms with E-state index in [2.05, 4.69) is 52.2 Å². The van der Waals surface area contributed by atoms with Crippen LogP contribution in [-0.4, -0.2) is 152 Å². The zero-order valence-corrected chi connectivity index (χ0v) is 61.9. The van der Waals surface area contributed by atoms with E-state index in [1.165, 1.54) is 173 Å². The van der Waals surface area contributed by atoms with Crippen LogP contribution in [0.25, 0.3) is 0 Å². The first-order chi connectivity index (χ1) is 46.4. The van der Waals surface area contributed by atoms with Crippen LogP contribution in [-0.2, 0) is 42.9 Å². The molecule has 0 aromatic rings.